The molecule has 0 unspecified atom stereocenters. The number of fused-ring (bicyclic) bond motifs is 1. The van der Waals surface area contributed by atoms with Gasteiger partial charge in [-0.2, -0.15) is 0 Å². The molecule has 1 aromatic heterocycles. The molecule has 184 valence electrons. The van der Waals surface area contributed by atoms with Gasteiger partial charge in [-0.1, -0.05) is 30.3 Å². The fraction of sp³-hybridized carbons (Fsp3) is 0.154. The summed E-state index contributed by atoms with van der Waals surface area (Å²) in [7, 11) is 1.53. The first-order valence-electron chi connectivity index (χ1n) is 11.1. The fourth-order valence-corrected chi connectivity index (χ4v) is 4.63. The largest absolute Gasteiger partial charge is 0.496 e. The number of non-ortho nitro benzene ring substituents is 1. The molecule has 10 heteroatoms. The van der Waals surface area contributed by atoms with Gasteiger partial charge in [-0.3, -0.25) is 19.7 Å². The van der Waals surface area contributed by atoms with Crippen molar-refractivity contribution in [2.24, 2.45) is 0 Å². The van der Waals surface area contributed by atoms with Crippen molar-refractivity contribution in [2.45, 2.75) is 11.4 Å². The minimum absolute atomic E-state index is 0.0331. The van der Waals surface area contributed by atoms with Gasteiger partial charge in [-0.15, -0.1) is 11.8 Å². The first-order valence-corrected chi connectivity index (χ1v) is 12.1. The Morgan fingerprint density at radius 3 is 2.50 bits per heavy atom. The lowest BCUT2D eigenvalue weighted by atomic mass is 10.2. The number of amides is 2. The highest BCUT2D eigenvalue weighted by atomic mass is 32.2. The highest BCUT2D eigenvalue weighted by molar-refractivity contribution is 8.00. The van der Waals surface area contributed by atoms with Crippen LogP contribution in [0.1, 0.15) is 10.4 Å². The number of hydrogen-bond donors (Lipinski definition) is 2. The van der Waals surface area contributed by atoms with Gasteiger partial charge >= 0.3 is 0 Å². The molecule has 1 heterocycles. The first kappa shape index (κ1) is 24.8. The zero-order valence-electron chi connectivity index (χ0n) is 19.5. The van der Waals surface area contributed by atoms with Crippen LogP contribution in [0.4, 0.5) is 11.4 Å². The molecule has 3 aromatic carbocycles. The lowest BCUT2D eigenvalue weighted by Gasteiger charge is -2.10. The number of nitro benzene ring substituents is 1. The highest BCUT2D eigenvalue weighted by Gasteiger charge is 2.14. The molecule has 0 atom stereocenters. The third-order valence-electron chi connectivity index (χ3n) is 5.46. The van der Waals surface area contributed by atoms with Crippen LogP contribution >= 0.6 is 11.8 Å². The Balaban J connectivity index is 1.37. The zero-order chi connectivity index (χ0) is 25.5. The van der Waals surface area contributed by atoms with E-state index < -0.39 is 4.92 Å². The number of rotatable bonds is 10. The average Bonchev–Trinajstić information content (AvgIpc) is 3.25. The summed E-state index contributed by atoms with van der Waals surface area (Å²) in [6, 6.07) is 20.7. The number of ether oxygens (including phenoxy) is 1. The van der Waals surface area contributed by atoms with Crippen molar-refractivity contribution in [3.05, 3.63) is 94.7 Å². The Labute approximate surface area is 211 Å². The smallest absolute Gasteiger partial charge is 0.269 e. The molecule has 0 saturated carbocycles. The van der Waals surface area contributed by atoms with Crippen LogP contribution in [0.5, 0.6) is 5.75 Å². The minimum Gasteiger partial charge on any atom is -0.496 e. The summed E-state index contributed by atoms with van der Waals surface area (Å²) in [5.41, 5.74) is 1.95. The second-order valence-corrected chi connectivity index (χ2v) is 8.82. The molecule has 2 N–H and O–H groups in total. The minimum atomic E-state index is -0.485. The van der Waals surface area contributed by atoms with Crippen LogP contribution in [-0.4, -0.2) is 40.7 Å². The van der Waals surface area contributed by atoms with Gasteiger partial charge < -0.3 is 19.9 Å². The topological polar surface area (TPSA) is 116 Å². The number of nitro groups is 1. The number of hydrogen-bond acceptors (Lipinski definition) is 6. The lowest BCUT2D eigenvalue weighted by Crippen LogP contribution is -2.27. The molecule has 36 heavy (non-hydrogen) atoms. The van der Waals surface area contributed by atoms with Crippen molar-refractivity contribution >= 4 is 45.9 Å². The van der Waals surface area contributed by atoms with Crippen LogP contribution in [0.3, 0.4) is 0 Å². The van der Waals surface area contributed by atoms with E-state index in [2.05, 4.69) is 15.2 Å². The maximum Gasteiger partial charge on any atom is 0.269 e. The summed E-state index contributed by atoms with van der Waals surface area (Å²) in [6.07, 6.45) is 1.98. The van der Waals surface area contributed by atoms with Gasteiger partial charge in [0, 0.05) is 52.9 Å². The summed E-state index contributed by atoms with van der Waals surface area (Å²) in [5, 5.41) is 17.5. The van der Waals surface area contributed by atoms with Gasteiger partial charge in [0.25, 0.3) is 11.6 Å². The van der Waals surface area contributed by atoms with Crippen LogP contribution in [0.15, 0.2) is 83.9 Å². The van der Waals surface area contributed by atoms with Crippen LogP contribution in [0.25, 0.3) is 10.9 Å². The Morgan fingerprint density at radius 2 is 1.75 bits per heavy atom. The maximum atomic E-state index is 12.6. The van der Waals surface area contributed by atoms with E-state index in [1.165, 1.54) is 43.1 Å². The quantitative estimate of drug-likeness (QED) is 0.183. The Bertz CT molecular complexity index is 1400. The number of nitrogens with zero attached hydrogens (tertiary/aromatic N) is 2. The summed E-state index contributed by atoms with van der Waals surface area (Å²) in [4.78, 5) is 36.3. The summed E-state index contributed by atoms with van der Waals surface area (Å²) in [5.74, 6) is 0.276. The van der Waals surface area contributed by atoms with Crippen molar-refractivity contribution < 1.29 is 19.2 Å². The highest BCUT2D eigenvalue weighted by Crippen LogP contribution is 2.30. The number of aromatic nitrogens is 1. The van der Waals surface area contributed by atoms with Crippen LogP contribution in [-0.2, 0) is 11.3 Å². The number of para-hydroxylation sites is 2. The van der Waals surface area contributed by atoms with Crippen LogP contribution in [0.2, 0.25) is 0 Å². The maximum absolute atomic E-state index is 12.6. The molecule has 0 fully saturated rings. The van der Waals surface area contributed by atoms with Gasteiger partial charge in [-0.25, -0.2) is 0 Å². The van der Waals surface area contributed by atoms with Gasteiger partial charge in [0.15, 0.2) is 0 Å². The number of carbonyl (C=O) groups excluding carboxylic acids is 2. The van der Waals surface area contributed by atoms with E-state index in [1.807, 2.05) is 36.5 Å². The summed E-state index contributed by atoms with van der Waals surface area (Å²) < 4.78 is 7.31. The molecule has 0 aliphatic heterocycles. The SMILES string of the molecule is COc1ccccc1C(=O)NCCn1cc(SCC(=O)Nc2ccc([N+](=O)[O-])cc2)c2ccccc21. The molecule has 0 aliphatic rings. The normalized spacial score (nSPS) is 10.7. The average molecular weight is 505 g/mol. The predicted octanol–water partition coefficient (Wildman–Crippen LogP) is 4.72. The molecule has 9 nitrogen and oxygen atoms in total. The van der Waals surface area contributed by atoms with Crippen LogP contribution < -0.4 is 15.4 Å². The van der Waals surface area contributed by atoms with Crippen molar-refractivity contribution in [1.82, 2.24) is 9.88 Å². The molecule has 0 radical (unpaired) electrons. The molecule has 0 spiro atoms. The van der Waals surface area contributed by atoms with E-state index in [0.29, 0.717) is 30.1 Å². The van der Waals surface area contributed by atoms with Crippen LogP contribution in [0, 0.1) is 10.1 Å². The van der Waals surface area contributed by atoms with Crippen molar-refractivity contribution in [3.8, 4) is 5.75 Å². The number of thioether (sulfide) groups is 1. The van der Waals surface area contributed by atoms with E-state index in [9.17, 15) is 19.7 Å². The number of benzene rings is 3. The van der Waals surface area contributed by atoms with E-state index in [4.69, 9.17) is 4.74 Å². The molecule has 4 aromatic rings. The molecular weight excluding hydrogens is 480 g/mol. The fourth-order valence-electron chi connectivity index (χ4n) is 3.74. The molecule has 4 rings (SSSR count). The van der Waals surface area contributed by atoms with Crippen molar-refractivity contribution in [3.63, 3.8) is 0 Å². The third-order valence-corrected chi connectivity index (χ3v) is 6.51. The van der Waals surface area contributed by atoms with E-state index >= 15 is 0 Å². The molecule has 0 saturated heterocycles. The second kappa shape index (κ2) is 11.4. The molecule has 2 amide bonds. The zero-order valence-corrected chi connectivity index (χ0v) is 20.3. The molecule has 0 bridgehead atoms. The van der Waals surface area contributed by atoms with E-state index in [0.717, 1.165) is 15.8 Å². The Kier molecular flexibility index (Phi) is 7.86. The number of carbonyl (C=O) groups is 2. The van der Waals surface area contributed by atoms with Gasteiger partial charge in [0.2, 0.25) is 5.91 Å². The third kappa shape index (κ3) is 5.84. The van der Waals surface area contributed by atoms with E-state index in [1.54, 1.807) is 18.2 Å². The monoisotopic (exact) mass is 504 g/mol. The molecule has 0 aliphatic carbocycles. The number of methoxy groups -OCH3 is 1. The predicted molar refractivity (Wildman–Crippen MR) is 140 cm³/mol. The molecular formula is C26H24N4O5S. The van der Waals surface area contributed by atoms with Gasteiger partial charge in [-0.05, 0) is 30.3 Å². The standard InChI is InChI=1S/C26H24N4O5S/c1-35-23-9-5-3-7-21(23)26(32)27-14-15-29-16-24(20-6-2-4-8-22(20)29)36-17-25(31)28-18-10-12-19(13-11-18)30(33)34/h2-13,16H,14-15,17H2,1H3,(H,27,32)(H,28,31). The van der Waals surface area contributed by atoms with Gasteiger partial charge in [0.05, 0.1) is 23.3 Å². The first-order chi connectivity index (χ1) is 17.5. The van der Waals surface area contributed by atoms with E-state index in [-0.39, 0.29) is 23.3 Å². The Hall–Kier alpha value is -4.31. The Morgan fingerprint density at radius 1 is 1.03 bits per heavy atom. The van der Waals surface area contributed by atoms with Crippen molar-refractivity contribution in [2.75, 3.05) is 24.7 Å². The number of anilines is 1. The summed E-state index contributed by atoms with van der Waals surface area (Å²) >= 11 is 1.40. The van der Waals surface area contributed by atoms with Gasteiger partial charge in [0.1, 0.15) is 5.75 Å². The number of nitrogens with one attached hydrogen (secondary N) is 2. The second-order valence-electron chi connectivity index (χ2n) is 7.80. The summed E-state index contributed by atoms with van der Waals surface area (Å²) in [6.45, 7) is 0.969. The lowest BCUT2D eigenvalue weighted by molar-refractivity contribution is -0.384. The van der Waals surface area contributed by atoms with Crippen molar-refractivity contribution in [1.29, 1.82) is 0 Å².